The predicted molar refractivity (Wildman–Crippen MR) is 60.8 cm³/mol. The van der Waals surface area contributed by atoms with E-state index in [1.54, 1.807) is 6.92 Å². The van der Waals surface area contributed by atoms with Gasteiger partial charge in [-0.1, -0.05) is 5.92 Å². The average Bonchev–Trinajstić information content (AvgIpc) is 2.59. The number of carboxylic acids is 1. The normalized spacial score (nSPS) is 9.40. The smallest absolute Gasteiger partial charge is 0.308 e. The largest absolute Gasteiger partial charge is 0.481 e. The molecule has 0 spiro atoms. The Morgan fingerprint density at radius 2 is 2.27 bits per heavy atom. The van der Waals surface area contributed by atoms with Gasteiger partial charge >= 0.3 is 5.97 Å². The summed E-state index contributed by atoms with van der Waals surface area (Å²) < 4.78 is 0. The first-order valence-corrected chi connectivity index (χ1v) is 5.43. The summed E-state index contributed by atoms with van der Waals surface area (Å²) in [5.41, 5.74) is 0. The summed E-state index contributed by atoms with van der Waals surface area (Å²) in [6, 6.07) is 3.82. The molecule has 0 radical (unpaired) electrons. The van der Waals surface area contributed by atoms with E-state index in [4.69, 9.17) is 5.11 Å². The highest BCUT2D eigenvalue weighted by atomic mass is 32.1. The lowest BCUT2D eigenvalue weighted by atomic mass is 10.3. The Kier molecular flexibility index (Phi) is 4.88. The molecule has 4 heteroatoms. The lowest BCUT2D eigenvalue weighted by Crippen LogP contribution is -2.11. The van der Waals surface area contributed by atoms with Crippen molar-refractivity contribution in [3.05, 3.63) is 21.9 Å². The molecule has 1 heterocycles. The topological polar surface area (TPSA) is 49.3 Å². The second-order valence-electron chi connectivity index (χ2n) is 2.97. The number of carbonyl (C=O) groups is 1. The summed E-state index contributed by atoms with van der Waals surface area (Å²) in [6.45, 7) is 3.22. The fraction of sp³-hybridized carbons (Fsp3) is 0.364. The van der Waals surface area contributed by atoms with Crippen molar-refractivity contribution in [1.29, 1.82) is 0 Å². The van der Waals surface area contributed by atoms with Crippen LogP contribution in [-0.2, 0) is 17.8 Å². The Balaban J connectivity index is 2.38. The van der Waals surface area contributed by atoms with Crippen LogP contribution in [0.2, 0.25) is 0 Å². The van der Waals surface area contributed by atoms with E-state index in [1.165, 1.54) is 11.3 Å². The molecule has 3 nitrogen and oxygen atoms in total. The first-order valence-electron chi connectivity index (χ1n) is 4.62. The molecule has 0 unspecified atom stereocenters. The van der Waals surface area contributed by atoms with Gasteiger partial charge in [0.05, 0.1) is 13.0 Å². The zero-order valence-corrected chi connectivity index (χ0v) is 9.36. The van der Waals surface area contributed by atoms with Gasteiger partial charge in [0, 0.05) is 16.3 Å². The fourth-order valence-electron chi connectivity index (χ4n) is 1.10. The number of carboxylic acid groups (broad SMARTS) is 1. The minimum atomic E-state index is -0.784. The van der Waals surface area contributed by atoms with E-state index in [2.05, 4.69) is 17.2 Å². The molecule has 2 N–H and O–H groups in total. The maximum atomic E-state index is 10.4. The van der Waals surface area contributed by atoms with Crippen LogP contribution in [0.1, 0.15) is 16.7 Å². The van der Waals surface area contributed by atoms with Crippen molar-refractivity contribution in [2.45, 2.75) is 19.9 Å². The Morgan fingerprint density at radius 3 is 2.93 bits per heavy atom. The number of aliphatic carboxylic acids is 1. The number of nitrogens with one attached hydrogen (secondary N) is 1. The summed E-state index contributed by atoms with van der Waals surface area (Å²) in [4.78, 5) is 12.5. The molecule has 0 aliphatic carbocycles. The molecular weight excluding hydrogens is 210 g/mol. The van der Waals surface area contributed by atoms with Gasteiger partial charge in [0.25, 0.3) is 0 Å². The molecule has 0 saturated carbocycles. The van der Waals surface area contributed by atoms with Gasteiger partial charge in [-0.3, -0.25) is 4.79 Å². The third kappa shape index (κ3) is 4.63. The number of thiophene rings is 1. The van der Waals surface area contributed by atoms with E-state index in [-0.39, 0.29) is 6.42 Å². The molecule has 0 saturated heterocycles. The van der Waals surface area contributed by atoms with Gasteiger partial charge < -0.3 is 10.4 Å². The Labute approximate surface area is 93.1 Å². The SMILES string of the molecule is CC#CCNCc1ccc(CC(=O)O)s1. The van der Waals surface area contributed by atoms with Gasteiger partial charge in [0.1, 0.15) is 0 Å². The van der Waals surface area contributed by atoms with Crippen LogP contribution < -0.4 is 5.32 Å². The number of rotatable bonds is 5. The maximum Gasteiger partial charge on any atom is 0.308 e. The van der Waals surface area contributed by atoms with Gasteiger partial charge in [0.2, 0.25) is 0 Å². The minimum Gasteiger partial charge on any atom is -0.481 e. The van der Waals surface area contributed by atoms with Crippen molar-refractivity contribution in [1.82, 2.24) is 5.32 Å². The highest BCUT2D eigenvalue weighted by molar-refractivity contribution is 7.12. The monoisotopic (exact) mass is 223 g/mol. The van der Waals surface area contributed by atoms with Gasteiger partial charge in [-0.15, -0.1) is 17.3 Å². The second-order valence-corrected chi connectivity index (χ2v) is 4.22. The van der Waals surface area contributed by atoms with Gasteiger partial charge in [0.15, 0.2) is 0 Å². The van der Waals surface area contributed by atoms with Crippen LogP contribution in [0, 0.1) is 11.8 Å². The number of hydrogen-bond donors (Lipinski definition) is 2. The van der Waals surface area contributed by atoms with E-state index in [0.29, 0.717) is 6.54 Å². The number of hydrogen-bond acceptors (Lipinski definition) is 3. The van der Waals surface area contributed by atoms with Crippen molar-refractivity contribution in [2.24, 2.45) is 0 Å². The molecule has 1 aromatic rings. The Bertz CT molecular complexity index is 387. The quantitative estimate of drug-likeness (QED) is 0.587. The van der Waals surface area contributed by atoms with Crippen molar-refractivity contribution in [3.63, 3.8) is 0 Å². The molecular formula is C11H13NO2S. The van der Waals surface area contributed by atoms with Crippen molar-refractivity contribution >= 4 is 17.3 Å². The van der Waals surface area contributed by atoms with E-state index in [1.807, 2.05) is 12.1 Å². The zero-order valence-electron chi connectivity index (χ0n) is 8.54. The molecule has 0 atom stereocenters. The minimum absolute atomic E-state index is 0.111. The summed E-state index contributed by atoms with van der Waals surface area (Å²) in [5, 5.41) is 11.8. The third-order valence-electron chi connectivity index (χ3n) is 1.73. The second kappa shape index (κ2) is 6.23. The van der Waals surface area contributed by atoms with Crippen LogP contribution in [0.15, 0.2) is 12.1 Å². The molecule has 0 aliphatic rings. The Hall–Kier alpha value is -1.31. The van der Waals surface area contributed by atoms with Crippen LogP contribution in [0.3, 0.4) is 0 Å². The molecule has 80 valence electrons. The van der Waals surface area contributed by atoms with E-state index < -0.39 is 5.97 Å². The summed E-state index contributed by atoms with van der Waals surface area (Å²) >= 11 is 1.53. The molecule has 1 rings (SSSR count). The van der Waals surface area contributed by atoms with Crippen molar-refractivity contribution < 1.29 is 9.90 Å². The standard InChI is InChI=1S/C11H13NO2S/c1-2-3-6-12-8-10-5-4-9(15-10)7-11(13)14/h4-5,12H,6-8H2,1H3,(H,13,14). The molecule has 15 heavy (non-hydrogen) atoms. The average molecular weight is 223 g/mol. The maximum absolute atomic E-state index is 10.4. The summed E-state index contributed by atoms with van der Waals surface area (Å²) in [6.07, 6.45) is 0.111. The van der Waals surface area contributed by atoms with Crippen LogP contribution in [0.5, 0.6) is 0 Å². The molecule has 0 fully saturated rings. The molecule has 0 bridgehead atoms. The third-order valence-corrected chi connectivity index (χ3v) is 2.82. The lowest BCUT2D eigenvalue weighted by molar-refractivity contribution is -0.136. The summed E-state index contributed by atoms with van der Waals surface area (Å²) in [7, 11) is 0. The van der Waals surface area contributed by atoms with Gasteiger partial charge in [-0.05, 0) is 19.1 Å². The lowest BCUT2D eigenvalue weighted by Gasteiger charge is -1.95. The van der Waals surface area contributed by atoms with E-state index in [0.717, 1.165) is 16.3 Å². The van der Waals surface area contributed by atoms with Gasteiger partial charge in [-0.25, -0.2) is 0 Å². The first-order chi connectivity index (χ1) is 7.22. The molecule has 0 amide bonds. The predicted octanol–water partition coefficient (Wildman–Crippen LogP) is 1.49. The van der Waals surface area contributed by atoms with E-state index >= 15 is 0 Å². The molecule has 0 aromatic carbocycles. The van der Waals surface area contributed by atoms with Crippen LogP contribution >= 0.6 is 11.3 Å². The Morgan fingerprint density at radius 1 is 1.53 bits per heavy atom. The van der Waals surface area contributed by atoms with E-state index in [9.17, 15) is 4.79 Å². The first kappa shape index (κ1) is 11.8. The summed E-state index contributed by atoms with van der Waals surface area (Å²) in [5.74, 6) is 4.92. The highest BCUT2D eigenvalue weighted by Gasteiger charge is 2.03. The fourth-order valence-corrected chi connectivity index (χ4v) is 2.08. The van der Waals surface area contributed by atoms with Crippen molar-refractivity contribution in [2.75, 3.05) is 6.54 Å². The van der Waals surface area contributed by atoms with Crippen molar-refractivity contribution in [3.8, 4) is 11.8 Å². The highest BCUT2D eigenvalue weighted by Crippen LogP contribution is 2.16. The zero-order chi connectivity index (χ0) is 11.1. The van der Waals surface area contributed by atoms with Crippen LogP contribution in [0.25, 0.3) is 0 Å². The van der Waals surface area contributed by atoms with Crippen LogP contribution in [-0.4, -0.2) is 17.6 Å². The molecule has 1 aromatic heterocycles. The van der Waals surface area contributed by atoms with Crippen LogP contribution in [0.4, 0.5) is 0 Å². The van der Waals surface area contributed by atoms with Gasteiger partial charge in [-0.2, -0.15) is 0 Å². The molecule has 0 aliphatic heterocycles.